The monoisotopic (exact) mass is 436 g/mol. The van der Waals surface area contributed by atoms with Gasteiger partial charge in [-0.1, -0.05) is 72.8 Å². The summed E-state index contributed by atoms with van der Waals surface area (Å²) in [6.45, 7) is 0. The van der Waals surface area contributed by atoms with Crippen molar-refractivity contribution >= 4 is 21.5 Å². The first-order valence-corrected chi connectivity index (χ1v) is 10.8. The molecule has 4 heteroatoms. The largest absolute Gasteiger partial charge is 0.508 e. The van der Waals surface area contributed by atoms with Crippen LogP contribution in [0.2, 0.25) is 0 Å². The molecule has 5 aromatic rings. The Labute approximate surface area is 192 Å². The minimum atomic E-state index is -0.521. The lowest BCUT2D eigenvalue weighted by Gasteiger charge is -2.26. The summed E-state index contributed by atoms with van der Waals surface area (Å²) < 4.78 is 11.4. The zero-order chi connectivity index (χ0) is 22.9. The number of aromatic hydroxyl groups is 2. The van der Waals surface area contributed by atoms with E-state index in [0.29, 0.717) is 22.6 Å². The van der Waals surface area contributed by atoms with Crippen molar-refractivity contribution in [3.05, 3.63) is 108 Å². The fourth-order valence-corrected chi connectivity index (χ4v) is 4.77. The minimum absolute atomic E-state index is 0.149. The number of rotatable bonds is 5. The Balaban J connectivity index is 1.96. The summed E-state index contributed by atoms with van der Waals surface area (Å²) >= 11 is 0. The molecule has 0 bridgehead atoms. The molecule has 0 atom stereocenters. The molecule has 5 rings (SSSR count). The highest BCUT2D eigenvalue weighted by molar-refractivity contribution is 5.94. The van der Waals surface area contributed by atoms with E-state index in [9.17, 15) is 10.2 Å². The maximum absolute atomic E-state index is 11.2. The molecule has 0 aliphatic heterocycles. The van der Waals surface area contributed by atoms with E-state index in [2.05, 4.69) is 0 Å². The van der Waals surface area contributed by atoms with E-state index in [0.717, 1.165) is 27.1 Å². The van der Waals surface area contributed by atoms with Crippen molar-refractivity contribution < 1.29 is 19.7 Å². The molecule has 2 N–H and O–H groups in total. The standard InChI is InChI=1S/C29H24O4/c1-32-25-13-7-12-22(29(25)33-2)28(26-20-10-5-3-8-18(20)14-16-23(26)30)27-21-11-6-4-9-19(21)15-17-24(27)31/h3-17,28,30-31H,1-2H3. The van der Waals surface area contributed by atoms with Crippen molar-refractivity contribution in [3.63, 3.8) is 0 Å². The molecule has 0 fully saturated rings. The number of phenols is 2. The van der Waals surface area contributed by atoms with Crippen LogP contribution in [0.1, 0.15) is 22.6 Å². The second kappa shape index (κ2) is 8.40. The third-order valence-electron chi connectivity index (χ3n) is 6.22. The first-order valence-electron chi connectivity index (χ1n) is 10.8. The van der Waals surface area contributed by atoms with E-state index in [1.807, 2.05) is 78.9 Å². The molecule has 5 aromatic carbocycles. The van der Waals surface area contributed by atoms with Gasteiger partial charge in [-0.2, -0.15) is 0 Å². The van der Waals surface area contributed by atoms with Gasteiger partial charge in [0, 0.05) is 22.6 Å². The molecule has 0 saturated carbocycles. The van der Waals surface area contributed by atoms with Gasteiger partial charge < -0.3 is 19.7 Å². The summed E-state index contributed by atoms with van der Waals surface area (Å²) in [5.41, 5.74) is 2.19. The van der Waals surface area contributed by atoms with Gasteiger partial charge in [0.05, 0.1) is 14.2 Å². The molecule has 0 aliphatic carbocycles. The lowest BCUT2D eigenvalue weighted by atomic mass is 9.79. The van der Waals surface area contributed by atoms with Crippen LogP contribution in [0.5, 0.6) is 23.0 Å². The molecule has 0 saturated heterocycles. The predicted octanol–water partition coefficient (Wildman–Crippen LogP) is 6.60. The summed E-state index contributed by atoms with van der Waals surface area (Å²) in [4.78, 5) is 0. The summed E-state index contributed by atoms with van der Waals surface area (Å²) in [5, 5.41) is 26.2. The fraction of sp³-hybridized carbons (Fsp3) is 0.103. The Morgan fingerprint density at radius 3 is 1.64 bits per heavy atom. The Kier molecular flexibility index (Phi) is 5.27. The predicted molar refractivity (Wildman–Crippen MR) is 132 cm³/mol. The highest BCUT2D eigenvalue weighted by atomic mass is 16.5. The Hall–Kier alpha value is -4.18. The average molecular weight is 437 g/mol. The van der Waals surface area contributed by atoms with Gasteiger partial charge in [-0.15, -0.1) is 0 Å². The van der Waals surface area contributed by atoms with Crippen LogP contribution < -0.4 is 9.47 Å². The van der Waals surface area contributed by atoms with Gasteiger partial charge in [-0.05, 0) is 39.7 Å². The van der Waals surface area contributed by atoms with Crippen molar-refractivity contribution in [1.82, 2.24) is 0 Å². The molecule has 0 amide bonds. The molecule has 164 valence electrons. The smallest absolute Gasteiger partial charge is 0.164 e. The molecule has 0 heterocycles. The number of benzene rings is 5. The van der Waals surface area contributed by atoms with E-state index in [1.165, 1.54) is 0 Å². The van der Waals surface area contributed by atoms with E-state index in [4.69, 9.17) is 9.47 Å². The number of fused-ring (bicyclic) bond motifs is 2. The molecule has 0 radical (unpaired) electrons. The average Bonchev–Trinajstić information content (AvgIpc) is 2.86. The minimum Gasteiger partial charge on any atom is -0.508 e. The Morgan fingerprint density at radius 1 is 0.576 bits per heavy atom. The van der Waals surface area contributed by atoms with Gasteiger partial charge in [0.1, 0.15) is 11.5 Å². The molecular weight excluding hydrogens is 412 g/mol. The quantitative estimate of drug-likeness (QED) is 0.305. The molecule has 0 aliphatic rings. The molecule has 0 spiro atoms. The van der Waals surface area contributed by atoms with Crippen molar-refractivity contribution in [2.45, 2.75) is 5.92 Å². The number of hydrogen-bond donors (Lipinski definition) is 2. The molecule has 0 aromatic heterocycles. The van der Waals surface area contributed by atoms with Gasteiger partial charge in [0.25, 0.3) is 0 Å². The summed E-state index contributed by atoms with van der Waals surface area (Å²) in [6.07, 6.45) is 0. The van der Waals surface area contributed by atoms with Crippen molar-refractivity contribution in [2.75, 3.05) is 14.2 Å². The lowest BCUT2D eigenvalue weighted by molar-refractivity contribution is 0.351. The molecule has 0 unspecified atom stereocenters. The summed E-state index contributed by atoms with van der Waals surface area (Å²) in [6, 6.07) is 28.8. The van der Waals surface area contributed by atoms with Crippen molar-refractivity contribution in [3.8, 4) is 23.0 Å². The van der Waals surface area contributed by atoms with E-state index in [1.54, 1.807) is 26.4 Å². The Bertz CT molecular complexity index is 1390. The van der Waals surface area contributed by atoms with Gasteiger partial charge in [0.2, 0.25) is 0 Å². The Morgan fingerprint density at radius 2 is 1.12 bits per heavy atom. The topological polar surface area (TPSA) is 58.9 Å². The zero-order valence-corrected chi connectivity index (χ0v) is 18.4. The maximum Gasteiger partial charge on any atom is 0.164 e. The zero-order valence-electron chi connectivity index (χ0n) is 18.4. The van der Waals surface area contributed by atoms with E-state index >= 15 is 0 Å². The van der Waals surface area contributed by atoms with Gasteiger partial charge >= 0.3 is 0 Å². The maximum atomic E-state index is 11.2. The van der Waals surface area contributed by atoms with Gasteiger partial charge in [-0.3, -0.25) is 0 Å². The first kappa shape index (κ1) is 20.7. The second-order valence-electron chi connectivity index (χ2n) is 7.95. The summed E-state index contributed by atoms with van der Waals surface area (Å²) in [7, 11) is 3.20. The first-order chi connectivity index (χ1) is 16.1. The van der Waals surface area contributed by atoms with Crippen LogP contribution in [-0.2, 0) is 0 Å². The number of hydrogen-bond acceptors (Lipinski definition) is 4. The van der Waals surface area contributed by atoms with Crippen LogP contribution in [-0.4, -0.2) is 24.4 Å². The van der Waals surface area contributed by atoms with Crippen LogP contribution in [0.3, 0.4) is 0 Å². The third kappa shape index (κ3) is 3.40. The number of ether oxygens (including phenoxy) is 2. The summed E-state index contributed by atoms with van der Waals surface area (Å²) in [5.74, 6) is 0.920. The number of para-hydroxylation sites is 1. The highest BCUT2D eigenvalue weighted by Gasteiger charge is 2.30. The number of methoxy groups -OCH3 is 2. The third-order valence-corrected chi connectivity index (χ3v) is 6.22. The number of phenolic OH excluding ortho intramolecular Hbond substituents is 2. The van der Waals surface area contributed by atoms with Crippen molar-refractivity contribution in [2.24, 2.45) is 0 Å². The normalized spacial score (nSPS) is 11.2. The fourth-order valence-electron chi connectivity index (χ4n) is 4.77. The van der Waals surface area contributed by atoms with E-state index in [-0.39, 0.29) is 11.5 Å². The van der Waals surface area contributed by atoms with Gasteiger partial charge in [0.15, 0.2) is 11.5 Å². The lowest BCUT2D eigenvalue weighted by Crippen LogP contribution is -2.08. The SMILES string of the molecule is COc1cccc(C(c2c(O)ccc3ccccc23)c2c(O)ccc3ccccc23)c1OC. The highest BCUT2D eigenvalue weighted by Crippen LogP contribution is 2.50. The van der Waals surface area contributed by atoms with Crippen LogP contribution in [0.15, 0.2) is 91.0 Å². The van der Waals surface area contributed by atoms with E-state index < -0.39 is 5.92 Å². The molecule has 33 heavy (non-hydrogen) atoms. The van der Waals surface area contributed by atoms with Crippen LogP contribution in [0, 0.1) is 0 Å². The molecular formula is C29H24O4. The van der Waals surface area contributed by atoms with Crippen LogP contribution in [0.25, 0.3) is 21.5 Å². The van der Waals surface area contributed by atoms with Crippen LogP contribution in [0.4, 0.5) is 0 Å². The van der Waals surface area contributed by atoms with Crippen molar-refractivity contribution in [1.29, 1.82) is 0 Å². The second-order valence-corrected chi connectivity index (χ2v) is 7.95. The van der Waals surface area contributed by atoms with Gasteiger partial charge in [-0.25, -0.2) is 0 Å². The molecule has 4 nitrogen and oxygen atoms in total. The van der Waals surface area contributed by atoms with Crippen LogP contribution >= 0.6 is 0 Å².